The van der Waals surface area contributed by atoms with E-state index >= 15 is 0 Å². The SMILES string of the molecule is CC1CCCN(C(=O)COc2ccccc2)C1C(=O)O. The third kappa shape index (κ3) is 3.29. The summed E-state index contributed by atoms with van der Waals surface area (Å²) in [5.74, 6) is -0.627. The number of hydrogen-bond donors (Lipinski definition) is 1. The van der Waals surface area contributed by atoms with Gasteiger partial charge in [-0.25, -0.2) is 4.79 Å². The molecule has 0 radical (unpaired) electrons. The topological polar surface area (TPSA) is 66.8 Å². The van der Waals surface area contributed by atoms with Gasteiger partial charge in [0.2, 0.25) is 0 Å². The van der Waals surface area contributed by atoms with Gasteiger partial charge in [-0.2, -0.15) is 0 Å². The van der Waals surface area contributed by atoms with Crippen LogP contribution in [0.5, 0.6) is 5.75 Å². The number of likely N-dealkylation sites (tertiary alicyclic amines) is 1. The van der Waals surface area contributed by atoms with E-state index in [0.29, 0.717) is 12.3 Å². The maximum atomic E-state index is 12.2. The number of aliphatic carboxylic acids is 1. The molecule has 0 aliphatic carbocycles. The van der Waals surface area contributed by atoms with Crippen LogP contribution in [-0.4, -0.2) is 41.1 Å². The smallest absolute Gasteiger partial charge is 0.326 e. The molecule has 2 atom stereocenters. The first-order valence-corrected chi connectivity index (χ1v) is 6.79. The van der Waals surface area contributed by atoms with E-state index in [2.05, 4.69) is 0 Å². The Hall–Kier alpha value is -2.04. The van der Waals surface area contributed by atoms with Gasteiger partial charge in [0.1, 0.15) is 11.8 Å². The van der Waals surface area contributed by atoms with Crippen molar-refractivity contribution >= 4 is 11.9 Å². The Morgan fingerprint density at radius 3 is 2.70 bits per heavy atom. The number of benzene rings is 1. The lowest BCUT2D eigenvalue weighted by Gasteiger charge is -2.37. The summed E-state index contributed by atoms with van der Waals surface area (Å²) in [4.78, 5) is 24.9. The highest BCUT2D eigenvalue weighted by atomic mass is 16.5. The first-order valence-electron chi connectivity index (χ1n) is 6.79. The molecule has 2 rings (SSSR count). The number of para-hydroxylation sites is 1. The van der Waals surface area contributed by atoms with Crippen LogP contribution in [0.3, 0.4) is 0 Å². The molecule has 0 spiro atoms. The molecule has 1 amide bonds. The van der Waals surface area contributed by atoms with Crippen LogP contribution in [0.15, 0.2) is 30.3 Å². The van der Waals surface area contributed by atoms with Crippen molar-refractivity contribution in [2.45, 2.75) is 25.8 Å². The molecule has 1 saturated heterocycles. The van der Waals surface area contributed by atoms with Crippen LogP contribution < -0.4 is 4.74 Å². The average Bonchev–Trinajstić information content (AvgIpc) is 2.45. The molecule has 5 nitrogen and oxygen atoms in total. The zero-order valence-electron chi connectivity index (χ0n) is 11.5. The summed E-state index contributed by atoms with van der Waals surface area (Å²) in [6.07, 6.45) is 1.67. The van der Waals surface area contributed by atoms with E-state index in [4.69, 9.17) is 4.74 Å². The molecule has 0 aromatic heterocycles. The predicted octanol–water partition coefficient (Wildman–Crippen LogP) is 1.78. The first kappa shape index (κ1) is 14.4. The summed E-state index contributed by atoms with van der Waals surface area (Å²) < 4.78 is 5.40. The van der Waals surface area contributed by atoms with E-state index in [1.54, 1.807) is 12.1 Å². The summed E-state index contributed by atoms with van der Waals surface area (Å²) in [6.45, 7) is 2.23. The van der Waals surface area contributed by atoms with Crippen molar-refractivity contribution in [2.75, 3.05) is 13.2 Å². The first-order chi connectivity index (χ1) is 9.59. The zero-order valence-corrected chi connectivity index (χ0v) is 11.5. The number of hydrogen-bond acceptors (Lipinski definition) is 3. The number of carbonyl (C=O) groups excluding carboxylic acids is 1. The second-order valence-electron chi connectivity index (χ2n) is 5.09. The zero-order chi connectivity index (χ0) is 14.5. The van der Waals surface area contributed by atoms with Gasteiger partial charge in [-0.05, 0) is 30.9 Å². The lowest BCUT2D eigenvalue weighted by Crippen LogP contribution is -2.53. The number of carboxylic acids is 1. The van der Waals surface area contributed by atoms with Crippen molar-refractivity contribution in [3.63, 3.8) is 0 Å². The third-order valence-electron chi connectivity index (χ3n) is 3.61. The number of carbonyl (C=O) groups is 2. The van der Waals surface area contributed by atoms with Gasteiger partial charge in [0.25, 0.3) is 5.91 Å². The van der Waals surface area contributed by atoms with E-state index in [1.165, 1.54) is 4.90 Å². The van der Waals surface area contributed by atoms with E-state index < -0.39 is 12.0 Å². The molecule has 1 aromatic carbocycles. The van der Waals surface area contributed by atoms with Crippen LogP contribution in [0.1, 0.15) is 19.8 Å². The van der Waals surface area contributed by atoms with E-state index in [1.807, 2.05) is 25.1 Å². The minimum absolute atomic E-state index is 0.0260. The van der Waals surface area contributed by atoms with Crippen molar-refractivity contribution in [3.8, 4) is 5.75 Å². The number of ether oxygens (including phenoxy) is 1. The van der Waals surface area contributed by atoms with Crippen molar-refractivity contribution in [1.82, 2.24) is 4.90 Å². The van der Waals surface area contributed by atoms with Gasteiger partial charge in [0, 0.05) is 6.54 Å². The Morgan fingerprint density at radius 2 is 2.05 bits per heavy atom. The van der Waals surface area contributed by atoms with Gasteiger partial charge in [0.15, 0.2) is 6.61 Å². The van der Waals surface area contributed by atoms with Crippen molar-refractivity contribution in [1.29, 1.82) is 0 Å². The van der Waals surface area contributed by atoms with Crippen LogP contribution in [-0.2, 0) is 9.59 Å². The van der Waals surface area contributed by atoms with Gasteiger partial charge in [-0.1, -0.05) is 25.1 Å². The largest absolute Gasteiger partial charge is 0.484 e. The van der Waals surface area contributed by atoms with Gasteiger partial charge in [-0.15, -0.1) is 0 Å². The summed E-state index contributed by atoms with van der Waals surface area (Å²) in [7, 11) is 0. The lowest BCUT2D eigenvalue weighted by molar-refractivity contribution is -0.155. The number of piperidine rings is 1. The average molecular weight is 277 g/mol. The lowest BCUT2D eigenvalue weighted by atomic mass is 9.91. The minimum atomic E-state index is -0.940. The summed E-state index contributed by atoms with van der Waals surface area (Å²) in [6, 6.07) is 8.30. The van der Waals surface area contributed by atoms with Crippen molar-refractivity contribution < 1.29 is 19.4 Å². The molecule has 2 unspecified atom stereocenters. The fourth-order valence-electron chi connectivity index (χ4n) is 2.59. The molecule has 0 bridgehead atoms. The summed E-state index contributed by atoms with van der Waals surface area (Å²) >= 11 is 0. The minimum Gasteiger partial charge on any atom is -0.484 e. The molecule has 1 N–H and O–H groups in total. The van der Waals surface area contributed by atoms with Crippen LogP contribution in [0, 0.1) is 5.92 Å². The molecule has 1 fully saturated rings. The van der Waals surface area contributed by atoms with Gasteiger partial charge in [-0.3, -0.25) is 4.79 Å². The van der Waals surface area contributed by atoms with Crippen molar-refractivity contribution in [2.24, 2.45) is 5.92 Å². The van der Waals surface area contributed by atoms with Crippen LogP contribution in [0.25, 0.3) is 0 Å². The monoisotopic (exact) mass is 277 g/mol. The van der Waals surface area contributed by atoms with Crippen molar-refractivity contribution in [3.05, 3.63) is 30.3 Å². The molecule has 5 heteroatoms. The number of rotatable bonds is 4. The Morgan fingerprint density at radius 1 is 1.35 bits per heavy atom. The van der Waals surface area contributed by atoms with Gasteiger partial charge >= 0.3 is 5.97 Å². The molecule has 0 saturated carbocycles. The Balaban J connectivity index is 1.98. The van der Waals surface area contributed by atoms with Crippen LogP contribution in [0.4, 0.5) is 0 Å². The number of nitrogens with zero attached hydrogens (tertiary/aromatic N) is 1. The van der Waals surface area contributed by atoms with Gasteiger partial charge in [0.05, 0.1) is 0 Å². The predicted molar refractivity (Wildman–Crippen MR) is 73.5 cm³/mol. The molecule has 1 aliphatic rings. The number of amides is 1. The summed E-state index contributed by atoms with van der Waals surface area (Å²) in [5.41, 5.74) is 0. The number of carboxylic acid groups (broad SMARTS) is 1. The summed E-state index contributed by atoms with van der Waals surface area (Å²) in [5, 5.41) is 9.28. The molecular weight excluding hydrogens is 258 g/mol. The highest BCUT2D eigenvalue weighted by Crippen LogP contribution is 2.23. The highest BCUT2D eigenvalue weighted by Gasteiger charge is 2.36. The second-order valence-corrected chi connectivity index (χ2v) is 5.09. The Labute approximate surface area is 118 Å². The molecular formula is C15H19NO4. The van der Waals surface area contributed by atoms with Crippen LogP contribution in [0.2, 0.25) is 0 Å². The Bertz CT molecular complexity index is 474. The van der Waals surface area contributed by atoms with Crippen LogP contribution >= 0.6 is 0 Å². The Kier molecular flexibility index (Phi) is 4.61. The molecule has 1 aromatic rings. The quantitative estimate of drug-likeness (QED) is 0.911. The fourth-order valence-corrected chi connectivity index (χ4v) is 2.59. The third-order valence-corrected chi connectivity index (χ3v) is 3.61. The highest BCUT2D eigenvalue weighted by molar-refractivity contribution is 5.85. The van der Waals surface area contributed by atoms with E-state index in [9.17, 15) is 14.7 Å². The van der Waals surface area contributed by atoms with E-state index in [0.717, 1.165) is 12.8 Å². The molecule has 20 heavy (non-hydrogen) atoms. The normalized spacial score (nSPS) is 22.4. The fraction of sp³-hybridized carbons (Fsp3) is 0.467. The molecule has 108 valence electrons. The maximum absolute atomic E-state index is 12.2. The standard InChI is InChI=1S/C15H19NO4/c1-11-6-5-9-16(14(11)15(18)19)13(17)10-20-12-7-3-2-4-8-12/h2-4,7-8,11,14H,5-6,9-10H2,1H3,(H,18,19). The molecule has 1 heterocycles. The molecule has 1 aliphatic heterocycles. The van der Waals surface area contributed by atoms with E-state index in [-0.39, 0.29) is 18.4 Å². The second kappa shape index (κ2) is 6.41. The maximum Gasteiger partial charge on any atom is 0.326 e. The van der Waals surface area contributed by atoms with Gasteiger partial charge < -0.3 is 14.7 Å².